The van der Waals surface area contributed by atoms with Gasteiger partial charge in [0.05, 0.1) is 24.8 Å². The van der Waals surface area contributed by atoms with E-state index >= 15 is 0 Å². The molecule has 4 rings (SSSR count). The molecule has 144 valence electrons. The lowest BCUT2D eigenvalue weighted by molar-refractivity contribution is -0.213. The van der Waals surface area contributed by atoms with Crippen molar-refractivity contribution in [3.05, 3.63) is 41.6 Å². The van der Waals surface area contributed by atoms with Gasteiger partial charge in [-0.05, 0) is 67.8 Å². The van der Waals surface area contributed by atoms with Crippen molar-refractivity contribution in [2.75, 3.05) is 24.7 Å². The van der Waals surface area contributed by atoms with Crippen LogP contribution >= 0.6 is 0 Å². The van der Waals surface area contributed by atoms with E-state index in [-0.39, 0.29) is 11.2 Å². The summed E-state index contributed by atoms with van der Waals surface area (Å²) in [4.78, 5) is 2.34. The molecule has 1 heterocycles. The van der Waals surface area contributed by atoms with E-state index in [4.69, 9.17) is 9.47 Å². The third-order valence-electron chi connectivity index (χ3n) is 7.09. The van der Waals surface area contributed by atoms with Crippen molar-refractivity contribution in [2.45, 2.75) is 58.7 Å². The zero-order valence-corrected chi connectivity index (χ0v) is 16.8. The maximum absolute atomic E-state index is 9.35. The number of nitrogens with zero attached hydrogens (tertiary/aromatic N) is 2. The molecule has 1 unspecified atom stereocenters. The Morgan fingerprint density at radius 3 is 2.52 bits per heavy atom. The maximum atomic E-state index is 9.35. The third-order valence-corrected chi connectivity index (χ3v) is 7.09. The normalized spacial score (nSPS) is 27.9. The van der Waals surface area contributed by atoms with Crippen LogP contribution in [0, 0.1) is 29.1 Å². The summed E-state index contributed by atoms with van der Waals surface area (Å²) in [6.07, 6.45) is 10.0. The van der Waals surface area contributed by atoms with Gasteiger partial charge in [0, 0.05) is 25.1 Å². The molecule has 3 aliphatic rings. The first-order valence-corrected chi connectivity index (χ1v) is 10.1. The lowest BCUT2D eigenvalue weighted by atomic mass is 9.62. The van der Waals surface area contributed by atoms with Gasteiger partial charge in [0.25, 0.3) is 0 Å². The fourth-order valence-corrected chi connectivity index (χ4v) is 5.34. The molecule has 2 saturated carbocycles. The highest BCUT2D eigenvalue weighted by molar-refractivity contribution is 5.59. The molecule has 0 amide bonds. The smallest absolute Gasteiger partial charge is 0.169 e. The second-order valence-electron chi connectivity index (χ2n) is 8.85. The molecule has 27 heavy (non-hydrogen) atoms. The van der Waals surface area contributed by atoms with Gasteiger partial charge in [0.1, 0.15) is 0 Å². The highest BCUT2D eigenvalue weighted by atomic mass is 16.7. The predicted octanol–water partition coefficient (Wildman–Crippen LogP) is 4.92. The van der Waals surface area contributed by atoms with E-state index in [9.17, 15) is 5.26 Å². The summed E-state index contributed by atoms with van der Waals surface area (Å²) in [6, 6.07) is 8.24. The van der Waals surface area contributed by atoms with E-state index in [1.54, 1.807) is 0 Å². The molecule has 0 aromatic heterocycles. The number of ether oxygens (including phenoxy) is 2. The second kappa shape index (κ2) is 6.65. The number of rotatable bonds is 4. The van der Waals surface area contributed by atoms with Gasteiger partial charge < -0.3 is 14.4 Å². The summed E-state index contributed by atoms with van der Waals surface area (Å²) in [5.74, 6) is -0.381. The monoisotopic (exact) mass is 366 g/mol. The number of benzene rings is 1. The van der Waals surface area contributed by atoms with Crippen LogP contribution in [-0.4, -0.2) is 25.5 Å². The first-order chi connectivity index (χ1) is 12.9. The molecule has 0 radical (unpaired) electrons. The van der Waals surface area contributed by atoms with Gasteiger partial charge in [0.15, 0.2) is 5.79 Å². The van der Waals surface area contributed by atoms with Gasteiger partial charge >= 0.3 is 0 Å². The molecule has 4 nitrogen and oxygen atoms in total. The van der Waals surface area contributed by atoms with Crippen molar-refractivity contribution in [1.82, 2.24) is 0 Å². The van der Waals surface area contributed by atoms with Crippen LogP contribution in [0.5, 0.6) is 0 Å². The van der Waals surface area contributed by atoms with Crippen molar-refractivity contribution in [2.24, 2.45) is 10.8 Å². The lowest BCUT2D eigenvalue weighted by Gasteiger charge is -2.50. The van der Waals surface area contributed by atoms with Crippen LogP contribution in [0.4, 0.5) is 5.69 Å². The van der Waals surface area contributed by atoms with Gasteiger partial charge in [-0.2, -0.15) is 5.26 Å². The Bertz CT molecular complexity index is 784. The topological polar surface area (TPSA) is 45.5 Å². The number of hydrogen-bond acceptors (Lipinski definition) is 4. The molecule has 0 N–H and O–H groups in total. The van der Waals surface area contributed by atoms with Crippen LogP contribution in [0.1, 0.15) is 57.1 Å². The summed E-state index contributed by atoms with van der Waals surface area (Å²) >= 11 is 0. The molecule has 4 heteroatoms. The number of aryl methyl sites for hydroxylation is 1. The van der Waals surface area contributed by atoms with E-state index in [1.807, 2.05) is 18.2 Å². The Kier molecular flexibility index (Phi) is 4.56. The van der Waals surface area contributed by atoms with E-state index in [2.05, 4.69) is 44.0 Å². The highest BCUT2D eigenvalue weighted by Gasteiger charge is 2.63. The van der Waals surface area contributed by atoms with Crippen molar-refractivity contribution in [1.29, 1.82) is 5.26 Å². The molecule has 2 spiro atoms. The number of allylic oxidation sites excluding steroid dienone is 1. The Morgan fingerprint density at radius 2 is 1.89 bits per heavy atom. The Labute approximate surface area is 162 Å². The van der Waals surface area contributed by atoms with Crippen LogP contribution in [0.25, 0.3) is 0 Å². The molecule has 1 atom stereocenters. The largest absolute Gasteiger partial charge is 0.348 e. The number of hydrogen-bond donors (Lipinski definition) is 0. The number of nitriles is 1. The number of anilines is 1. The molecule has 1 saturated heterocycles. The molecule has 0 bridgehead atoms. The third kappa shape index (κ3) is 3.17. The van der Waals surface area contributed by atoms with Gasteiger partial charge in [-0.25, -0.2) is 0 Å². The van der Waals surface area contributed by atoms with Crippen molar-refractivity contribution in [3.8, 4) is 6.07 Å². The minimum absolute atomic E-state index is 0.115. The van der Waals surface area contributed by atoms with Crippen molar-refractivity contribution in [3.63, 3.8) is 0 Å². The fraction of sp³-hybridized carbons (Fsp3) is 0.609. The molecular formula is C23H30N2O2. The van der Waals surface area contributed by atoms with E-state index < -0.39 is 0 Å². The fourth-order valence-electron chi connectivity index (χ4n) is 5.34. The van der Waals surface area contributed by atoms with Crippen LogP contribution in [0.3, 0.4) is 0 Å². The van der Waals surface area contributed by atoms with Crippen LogP contribution in [-0.2, 0) is 9.47 Å². The molecule has 3 fully saturated rings. The van der Waals surface area contributed by atoms with Crippen molar-refractivity contribution >= 4 is 5.69 Å². The van der Waals surface area contributed by atoms with E-state index in [0.717, 1.165) is 25.1 Å². The Morgan fingerprint density at radius 1 is 1.19 bits per heavy atom. The van der Waals surface area contributed by atoms with Crippen molar-refractivity contribution < 1.29 is 9.47 Å². The summed E-state index contributed by atoms with van der Waals surface area (Å²) in [6.45, 7) is 8.94. The molecular weight excluding hydrogens is 336 g/mol. The SMILES string of the molecule is C/C=C\N(CC1(C)CC2(CCC13CC3)OCCO2)c1cc(C#N)ccc1C. The van der Waals surface area contributed by atoms with E-state index in [0.29, 0.717) is 24.2 Å². The van der Waals surface area contributed by atoms with Gasteiger partial charge in [-0.3, -0.25) is 0 Å². The molecule has 1 aromatic rings. The summed E-state index contributed by atoms with van der Waals surface area (Å²) in [5, 5.41) is 9.35. The van der Waals surface area contributed by atoms with Gasteiger partial charge in [-0.1, -0.05) is 19.1 Å². The maximum Gasteiger partial charge on any atom is 0.169 e. The molecule has 1 aliphatic heterocycles. The van der Waals surface area contributed by atoms with Crippen LogP contribution in [0.2, 0.25) is 0 Å². The summed E-state index contributed by atoms with van der Waals surface area (Å²) < 4.78 is 12.2. The molecule has 2 aliphatic carbocycles. The minimum atomic E-state index is -0.381. The van der Waals surface area contributed by atoms with E-state index in [1.165, 1.54) is 24.8 Å². The lowest BCUT2D eigenvalue weighted by Crippen LogP contribution is -2.51. The highest BCUT2D eigenvalue weighted by Crippen LogP contribution is 2.68. The summed E-state index contributed by atoms with van der Waals surface area (Å²) in [5.41, 5.74) is 3.55. The second-order valence-corrected chi connectivity index (χ2v) is 8.85. The quantitative estimate of drug-likeness (QED) is 0.759. The Hall–Kier alpha value is -1.83. The zero-order chi connectivity index (χ0) is 19.1. The standard InChI is InChI=1S/C23H30N2O2/c1-4-11-25(20-14-19(15-24)6-5-18(20)2)17-21(3)16-23(26-12-13-27-23)10-9-22(21)7-8-22/h4-6,11,14H,7-10,12-13,16-17H2,1-3H3/b11-4-. The first kappa shape index (κ1) is 18.5. The summed E-state index contributed by atoms with van der Waals surface area (Å²) in [7, 11) is 0. The van der Waals surface area contributed by atoms with Gasteiger partial charge in [0.2, 0.25) is 0 Å². The average molecular weight is 367 g/mol. The molecule has 1 aromatic carbocycles. The predicted molar refractivity (Wildman–Crippen MR) is 106 cm³/mol. The zero-order valence-electron chi connectivity index (χ0n) is 16.8. The minimum Gasteiger partial charge on any atom is -0.348 e. The first-order valence-electron chi connectivity index (χ1n) is 10.1. The Balaban J connectivity index is 1.67. The van der Waals surface area contributed by atoms with Crippen LogP contribution in [0.15, 0.2) is 30.5 Å². The van der Waals surface area contributed by atoms with Gasteiger partial charge in [-0.15, -0.1) is 0 Å². The van der Waals surface area contributed by atoms with Crippen LogP contribution < -0.4 is 4.90 Å². The average Bonchev–Trinajstić information content (AvgIpc) is 3.33.